The summed E-state index contributed by atoms with van der Waals surface area (Å²) >= 11 is 0. The molecule has 0 bridgehead atoms. The summed E-state index contributed by atoms with van der Waals surface area (Å²) in [5, 5.41) is 0. The highest BCUT2D eigenvalue weighted by Gasteiger charge is 2.36. The molecule has 0 N–H and O–H groups in total. The van der Waals surface area contributed by atoms with Crippen molar-refractivity contribution in [2.75, 3.05) is 13.1 Å². The van der Waals surface area contributed by atoms with Gasteiger partial charge in [0.15, 0.2) is 0 Å². The van der Waals surface area contributed by atoms with Gasteiger partial charge in [0, 0.05) is 30.9 Å². The van der Waals surface area contributed by atoms with Crippen molar-refractivity contribution >= 4 is 5.91 Å². The van der Waals surface area contributed by atoms with Crippen molar-refractivity contribution in [3.8, 4) is 0 Å². The van der Waals surface area contributed by atoms with Crippen molar-refractivity contribution in [2.24, 2.45) is 5.41 Å². The van der Waals surface area contributed by atoms with Crippen LogP contribution in [0.2, 0.25) is 0 Å². The van der Waals surface area contributed by atoms with Crippen LogP contribution >= 0.6 is 0 Å². The summed E-state index contributed by atoms with van der Waals surface area (Å²) in [5.74, 6) is 0.310. The van der Waals surface area contributed by atoms with Crippen LogP contribution in [0.1, 0.15) is 43.1 Å². The maximum Gasteiger partial charge on any atom is 0.228 e. The van der Waals surface area contributed by atoms with Gasteiger partial charge in [-0.1, -0.05) is 19.1 Å². The van der Waals surface area contributed by atoms with Gasteiger partial charge in [-0.15, -0.1) is 0 Å². The van der Waals surface area contributed by atoms with Crippen molar-refractivity contribution in [2.45, 2.75) is 46.0 Å². The van der Waals surface area contributed by atoms with Crippen LogP contribution in [0.15, 0.2) is 18.5 Å². The zero-order valence-electron chi connectivity index (χ0n) is 12.9. The highest BCUT2D eigenvalue weighted by atomic mass is 16.2. The Balaban J connectivity index is 1.76. The van der Waals surface area contributed by atoms with Gasteiger partial charge in [0.1, 0.15) is 6.33 Å². The van der Waals surface area contributed by atoms with E-state index in [1.165, 1.54) is 5.56 Å². The summed E-state index contributed by atoms with van der Waals surface area (Å²) < 4.78 is 0. The molecule has 1 aromatic heterocycles. The molecular formula is C17H23N3O. The Morgan fingerprint density at radius 1 is 1.24 bits per heavy atom. The fourth-order valence-corrected chi connectivity index (χ4v) is 3.43. The molecule has 1 atom stereocenters. The van der Waals surface area contributed by atoms with Crippen molar-refractivity contribution in [3.05, 3.63) is 35.4 Å². The molecule has 0 saturated carbocycles. The highest BCUT2D eigenvalue weighted by molar-refractivity contribution is 5.83. The zero-order chi connectivity index (χ0) is 14.9. The van der Waals surface area contributed by atoms with Crippen molar-refractivity contribution in [3.63, 3.8) is 0 Å². The van der Waals surface area contributed by atoms with E-state index < -0.39 is 0 Å². The van der Waals surface area contributed by atoms with Crippen LogP contribution in [0.25, 0.3) is 0 Å². The van der Waals surface area contributed by atoms with Gasteiger partial charge in [-0.25, -0.2) is 9.97 Å². The smallest absolute Gasteiger partial charge is 0.228 e. The molecule has 1 aliphatic carbocycles. The third-order valence-electron chi connectivity index (χ3n) is 4.90. The molecule has 1 unspecified atom stereocenters. The predicted molar refractivity (Wildman–Crippen MR) is 81.9 cm³/mol. The normalized spacial score (nSPS) is 25.3. The minimum Gasteiger partial charge on any atom is -0.341 e. The van der Waals surface area contributed by atoms with Crippen LogP contribution < -0.4 is 0 Å². The average Bonchev–Trinajstić information content (AvgIpc) is 2.71. The van der Waals surface area contributed by atoms with Crippen molar-refractivity contribution in [1.82, 2.24) is 14.9 Å². The Morgan fingerprint density at radius 2 is 2.05 bits per heavy atom. The number of hydrogen-bond donors (Lipinski definition) is 0. The Bertz CT molecular complexity index is 581. The number of carbonyl (C=O) groups excluding carboxylic acids is 1. The highest BCUT2D eigenvalue weighted by Crippen LogP contribution is 2.34. The lowest BCUT2D eigenvalue weighted by Crippen LogP contribution is -2.44. The zero-order valence-corrected chi connectivity index (χ0v) is 12.9. The van der Waals surface area contributed by atoms with Crippen LogP contribution in [0.3, 0.4) is 0 Å². The number of amides is 1. The summed E-state index contributed by atoms with van der Waals surface area (Å²) in [4.78, 5) is 23.6. The number of carbonyl (C=O) groups is 1. The van der Waals surface area contributed by atoms with Gasteiger partial charge >= 0.3 is 0 Å². The first-order chi connectivity index (χ1) is 10.1. The number of aromatic nitrogens is 2. The number of fused-ring (bicyclic) bond motifs is 1. The molecule has 4 heteroatoms. The number of hydrogen-bond acceptors (Lipinski definition) is 3. The van der Waals surface area contributed by atoms with E-state index in [1.807, 2.05) is 11.8 Å². The van der Waals surface area contributed by atoms with Gasteiger partial charge in [-0.3, -0.25) is 4.79 Å². The van der Waals surface area contributed by atoms with Gasteiger partial charge in [0.05, 0.1) is 5.41 Å². The first-order valence-corrected chi connectivity index (χ1v) is 7.84. The molecule has 0 radical (unpaired) electrons. The van der Waals surface area contributed by atoms with E-state index in [9.17, 15) is 4.79 Å². The largest absolute Gasteiger partial charge is 0.341 e. The monoisotopic (exact) mass is 285 g/mol. The van der Waals surface area contributed by atoms with Crippen LogP contribution in [0, 0.1) is 12.3 Å². The standard InChI is InChI=1S/C17H23N3O/c1-13-14-6-10-20(11-7-15(14)19-12-18-13)16(21)17(2)8-4-3-5-9-17/h3-4,12H,5-11H2,1-2H3. The van der Waals surface area contributed by atoms with Gasteiger partial charge in [-0.2, -0.15) is 0 Å². The molecule has 0 aromatic carbocycles. The lowest BCUT2D eigenvalue weighted by atomic mass is 9.77. The van der Waals surface area contributed by atoms with E-state index in [2.05, 4.69) is 29.0 Å². The Morgan fingerprint density at radius 3 is 2.81 bits per heavy atom. The van der Waals surface area contributed by atoms with Gasteiger partial charge in [0.2, 0.25) is 5.91 Å². The molecule has 1 amide bonds. The van der Waals surface area contributed by atoms with Crippen LogP contribution in [0.5, 0.6) is 0 Å². The van der Waals surface area contributed by atoms with Gasteiger partial charge < -0.3 is 4.90 Å². The lowest BCUT2D eigenvalue weighted by Gasteiger charge is -2.35. The first kappa shape index (κ1) is 14.2. The second-order valence-corrected chi connectivity index (χ2v) is 6.45. The van der Waals surface area contributed by atoms with E-state index in [0.29, 0.717) is 5.91 Å². The molecule has 0 saturated heterocycles. The molecule has 1 aromatic rings. The molecule has 3 rings (SSSR count). The number of rotatable bonds is 1. The molecule has 0 spiro atoms. The average molecular weight is 285 g/mol. The van der Waals surface area contributed by atoms with E-state index in [-0.39, 0.29) is 5.41 Å². The van der Waals surface area contributed by atoms with E-state index >= 15 is 0 Å². The van der Waals surface area contributed by atoms with Crippen LogP contribution in [-0.2, 0) is 17.6 Å². The Labute approximate surface area is 126 Å². The predicted octanol–water partition coefficient (Wildman–Crippen LogP) is 2.46. The third kappa shape index (κ3) is 2.71. The van der Waals surface area contributed by atoms with E-state index in [0.717, 1.165) is 56.6 Å². The maximum atomic E-state index is 12.9. The topological polar surface area (TPSA) is 46.1 Å². The lowest BCUT2D eigenvalue weighted by molar-refractivity contribution is -0.141. The summed E-state index contributed by atoms with van der Waals surface area (Å²) in [6.07, 6.45) is 10.5. The number of allylic oxidation sites excluding steroid dienone is 2. The summed E-state index contributed by atoms with van der Waals surface area (Å²) in [7, 11) is 0. The Kier molecular flexibility index (Phi) is 3.79. The van der Waals surface area contributed by atoms with Crippen LogP contribution in [0.4, 0.5) is 0 Å². The summed E-state index contributed by atoms with van der Waals surface area (Å²) in [6, 6.07) is 0. The van der Waals surface area contributed by atoms with E-state index in [1.54, 1.807) is 6.33 Å². The van der Waals surface area contributed by atoms with Crippen molar-refractivity contribution < 1.29 is 4.79 Å². The molecule has 4 nitrogen and oxygen atoms in total. The SMILES string of the molecule is Cc1ncnc2c1CCN(C(=O)C1(C)CC=CCC1)CC2. The minimum absolute atomic E-state index is 0.216. The number of nitrogens with zero attached hydrogens (tertiary/aromatic N) is 3. The van der Waals surface area contributed by atoms with Crippen molar-refractivity contribution in [1.29, 1.82) is 0 Å². The maximum absolute atomic E-state index is 12.9. The second kappa shape index (κ2) is 5.58. The molecule has 21 heavy (non-hydrogen) atoms. The molecule has 112 valence electrons. The summed E-state index contributed by atoms with van der Waals surface area (Å²) in [5.41, 5.74) is 3.19. The van der Waals surface area contributed by atoms with Crippen LogP contribution in [-0.4, -0.2) is 33.9 Å². The molecule has 1 aliphatic heterocycles. The summed E-state index contributed by atoms with van der Waals surface area (Å²) in [6.45, 7) is 5.72. The van der Waals surface area contributed by atoms with Gasteiger partial charge in [-0.05, 0) is 38.2 Å². The quantitative estimate of drug-likeness (QED) is 0.745. The molecule has 2 aliphatic rings. The second-order valence-electron chi connectivity index (χ2n) is 6.45. The third-order valence-corrected chi connectivity index (χ3v) is 4.90. The fraction of sp³-hybridized carbons (Fsp3) is 0.588. The minimum atomic E-state index is -0.216. The molecular weight excluding hydrogens is 262 g/mol. The first-order valence-electron chi connectivity index (χ1n) is 7.84. The molecule has 0 fully saturated rings. The number of aryl methyl sites for hydroxylation is 1. The fourth-order valence-electron chi connectivity index (χ4n) is 3.43. The Hall–Kier alpha value is -1.71. The van der Waals surface area contributed by atoms with E-state index in [4.69, 9.17) is 0 Å². The van der Waals surface area contributed by atoms with Gasteiger partial charge in [0.25, 0.3) is 0 Å². The molecule has 2 heterocycles.